The summed E-state index contributed by atoms with van der Waals surface area (Å²) < 4.78 is 21.4. The standard InChI is InChI=1S/C20H34N4O5.HI/c1-8-21-18(22-11-12-23-19(25)29-20(2,3)4)24-13-14-9-10-15(26-5)17(28-7)16(14)27-6;/h9-10H,8,11-13H2,1-7H3,(H,23,25)(H2,21,22,24);1H. The number of nitrogens with zero attached hydrogens (tertiary/aromatic N) is 1. The zero-order valence-corrected chi connectivity index (χ0v) is 21.2. The van der Waals surface area contributed by atoms with Crippen LogP contribution in [0.2, 0.25) is 0 Å². The summed E-state index contributed by atoms with van der Waals surface area (Å²) >= 11 is 0. The Morgan fingerprint density at radius 1 is 0.967 bits per heavy atom. The molecule has 0 saturated carbocycles. The number of carbonyl (C=O) groups excluding carboxylic acids is 1. The zero-order chi connectivity index (χ0) is 21.9. The van der Waals surface area contributed by atoms with E-state index in [1.54, 1.807) is 21.3 Å². The molecule has 10 heteroatoms. The fraction of sp³-hybridized carbons (Fsp3) is 0.600. The summed E-state index contributed by atoms with van der Waals surface area (Å²) in [6, 6.07) is 3.70. The molecular weight excluding hydrogens is 503 g/mol. The van der Waals surface area contributed by atoms with Gasteiger partial charge in [0.25, 0.3) is 0 Å². The Kier molecular flexibility index (Phi) is 13.0. The van der Waals surface area contributed by atoms with Crippen LogP contribution in [0.4, 0.5) is 4.79 Å². The van der Waals surface area contributed by atoms with E-state index in [9.17, 15) is 4.79 Å². The van der Waals surface area contributed by atoms with E-state index in [1.807, 2.05) is 39.8 Å². The van der Waals surface area contributed by atoms with Gasteiger partial charge in [-0.2, -0.15) is 0 Å². The highest BCUT2D eigenvalue weighted by Gasteiger charge is 2.16. The van der Waals surface area contributed by atoms with Gasteiger partial charge in [-0.25, -0.2) is 9.79 Å². The van der Waals surface area contributed by atoms with E-state index in [-0.39, 0.29) is 24.0 Å². The van der Waals surface area contributed by atoms with Crippen molar-refractivity contribution in [3.05, 3.63) is 17.7 Å². The molecule has 1 rings (SSSR count). The van der Waals surface area contributed by atoms with Crippen LogP contribution >= 0.6 is 24.0 Å². The van der Waals surface area contributed by atoms with Crippen LogP contribution in [0.3, 0.4) is 0 Å². The van der Waals surface area contributed by atoms with Crippen molar-refractivity contribution in [1.82, 2.24) is 16.0 Å². The number of hydrogen-bond acceptors (Lipinski definition) is 6. The monoisotopic (exact) mass is 538 g/mol. The van der Waals surface area contributed by atoms with Gasteiger partial charge in [0.2, 0.25) is 5.75 Å². The molecule has 1 amide bonds. The summed E-state index contributed by atoms with van der Waals surface area (Å²) in [5, 5.41) is 9.04. The van der Waals surface area contributed by atoms with Gasteiger partial charge in [0.15, 0.2) is 17.5 Å². The first-order valence-electron chi connectivity index (χ1n) is 9.52. The van der Waals surface area contributed by atoms with Gasteiger partial charge in [0.05, 0.1) is 27.9 Å². The summed E-state index contributed by atoms with van der Waals surface area (Å²) in [6.07, 6.45) is -0.448. The van der Waals surface area contributed by atoms with E-state index in [0.29, 0.717) is 49.4 Å². The summed E-state index contributed by atoms with van der Waals surface area (Å²) in [5.41, 5.74) is 0.334. The molecule has 0 radical (unpaired) electrons. The molecule has 0 aliphatic heterocycles. The van der Waals surface area contributed by atoms with Crippen molar-refractivity contribution in [1.29, 1.82) is 0 Å². The molecular formula is C20H35IN4O5. The van der Waals surface area contributed by atoms with E-state index in [1.165, 1.54) is 0 Å². The second-order valence-electron chi connectivity index (χ2n) is 7.04. The van der Waals surface area contributed by atoms with Crippen LogP contribution in [0.15, 0.2) is 17.1 Å². The van der Waals surface area contributed by atoms with Gasteiger partial charge >= 0.3 is 6.09 Å². The van der Waals surface area contributed by atoms with Crippen molar-refractivity contribution in [2.24, 2.45) is 4.99 Å². The van der Waals surface area contributed by atoms with Gasteiger partial charge in [-0.3, -0.25) is 0 Å². The number of alkyl carbamates (subject to hydrolysis) is 1. The number of amides is 1. The predicted octanol–water partition coefficient (Wildman–Crippen LogP) is 2.91. The number of aliphatic imine (C=N–C) groups is 1. The van der Waals surface area contributed by atoms with Gasteiger partial charge < -0.3 is 34.9 Å². The molecule has 9 nitrogen and oxygen atoms in total. The van der Waals surface area contributed by atoms with E-state index in [2.05, 4.69) is 20.9 Å². The molecule has 0 bridgehead atoms. The average Bonchev–Trinajstić information content (AvgIpc) is 2.66. The number of guanidine groups is 1. The largest absolute Gasteiger partial charge is 0.493 e. The molecule has 0 aliphatic rings. The van der Waals surface area contributed by atoms with Crippen LogP contribution in [-0.4, -0.2) is 58.6 Å². The first-order chi connectivity index (χ1) is 13.8. The Balaban J connectivity index is 0.00000841. The fourth-order valence-corrected chi connectivity index (χ4v) is 2.45. The van der Waals surface area contributed by atoms with E-state index in [4.69, 9.17) is 18.9 Å². The molecule has 0 aliphatic carbocycles. The minimum atomic E-state index is -0.521. The highest BCUT2D eigenvalue weighted by molar-refractivity contribution is 14.0. The Morgan fingerprint density at radius 3 is 2.13 bits per heavy atom. The van der Waals surface area contributed by atoms with Crippen LogP contribution in [0.25, 0.3) is 0 Å². The molecule has 0 heterocycles. The van der Waals surface area contributed by atoms with E-state index >= 15 is 0 Å². The molecule has 0 fully saturated rings. The number of carbonyl (C=O) groups is 1. The van der Waals surface area contributed by atoms with E-state index in [0.717, 1.165) is 5.56 Å². The summed E-state index contributed by atoms with van der Waals surface area (Å²) in [4.78, 5) is 16.3. The van der Waals surface area contributed by atoms with Crippen LogP contribution in [0.1, 0.15) is 33.3 Å². The van der Waals surface area contributed by atoms with Crippen molar-refractivity contribution in [2.45, 2.75) is 39.8 Å². The highest BCUT2D eigenvalue weighted by Crippen LogP contribution is 2.39. The molecule has 1 aromatic carbocycles. The molecule has 172 valence electrons. The second kappa shape index (κ2) is 14.0. The zero-order valence-electron chi connectivity index (χ0n) is 18.9. The maximum atomic E-state index is 11.7. The third-order valence-corrected chi connectivity index (χ3v) is 3.62. The Bertz CT molecular complexity index is 693. The molecule has 3 N–H and O–H groups in total. The molecule has 1 aromatic rings. The Morgan fingerprint density at radius 2 is 1.60 bits per heavy atom. The van der Waals surface area contributed by atoms with Gasteiger partial charge in [0.1, 0.15) is 5.60 Å². The summed E-state index contributed by atoms with van der Waals surface area (Å²) in [6.45, 7) is 9.42. The van der Waals surface area contributed by atoms with Crippen LogP contribution in [0.5, 0.6) is 17.2 Å². The number of rotatable bonds is 9. The van der Waals surface area contributed by atoms with Crippen LogP contribution < -0.4 is 30.2 Å². The lowest BCUT2D eigenvalue weighted by molar-refractivity contribution is 0.0529. The topological polar surface area (TPSA) is 102 Å². The number of ether oxygens (including phenoxy) is 4. The quantitative estimate of drug-likeness (QED) is 0.192. The van der Waals surface area contributed by atoms with Crippen molar-refractivity contribution in [3.63, 3.8) is 0 Å². The lowest BCUT2D eigenvalue weighted by atomic mass is 10.1. The number of nitrogens with one attached hydrogen (secondary N) is 3. The summed E-state index contributed by atoms with van der Waals surface area (Å²) in [7, 11) is 4.72. The third kappa shape index (κ3) is 9.59. The Labute approximate surface area is 196 Å². The number of methoxy groups -OCH3 is 3. The minimum Gasteiger partial charge on any atom is -0.493 e. The minimum absolute atomic E-state index is 0. The number of hydrogen-bond donors (Lipinski definition) is 3. The molecule has 30 heavy (non-hydrogen) atoms. The molecule has 0 saturated heterocycles. The maximum absolute atomic E-state index is 11.7. The molecule has 0 aromatic heterocycles. The van der Waals surface area contributed by atoms with Crippen molar-refractivity contribution < 1.29 is 23.7 Å². The number of halogens is 1. The van der Waals surface area contributed by atoms with Crippen LogP contribution in [0, 0.1) is 0 Å². The third-order valence-electron chi connectivity index (χ3n) is 3.62. The van der Waals surface area contributed by atoms with Gasteiger partial charge in [0, 0.05) is 25.2 Å². The molecule has 0 atom stereocenters. The average molecular weight is 538 g/mol. The smallest absolute Gasteiger partial charge is 0.407 e. The maximum Gasteiger partial charge on any atom is 0.407 e. The molecule has 0 spiro atoms. The van der Waals surface area contributed by atoms with Crippen LogP contribution in [-0.2, 0) is 11.3 Å². The first kappa shape index (κ1) is 27.9. The lowest BCUT2D eigenvalue weighted by Crippen LogP contribution is -2.42. The summed E-state index contributed by atoms with van der Waals surface area (Å²) in [5.74, 6) is 2.32. The normalized spacial score (nSPS) is 11.1. The number of benzene rings is 1. The van der Waals surface area contributed by atoms with Crippen molar-refractivity contribution >= 4 is 36.0 Å². The molecule has 0 unspecified atom stereocenters. The lowest BCUT2D eigenvalue weighted by Gasteiger charge is -2.20. The Hall–Kier alpha value is -2.11. The van der Waals surface area contributed by atoms with Crippen molar-refractivity contribution in [3.8, 4) is 17.2 Å². The first-order valence-corrected chi connectivity index (χ1v) is 9.52. The fourth-order valence-electron chi connectivity index (χ4n) is 2.45. The van der Waals surface area contributed by atoms with Crippen molar-refractivity contribution in [2.75, 3.05) is 41.0 Å². The second-order valence-corrected chi connectivity index (χ2v) is 7.04. The van der Waals surface area contributed by atoms with E-state index < -0.39 is 11.7 Å². The van der Waals surface area contributed by atoms with Gasteiger partial charge in [-0.15, -0.1) is 24.0 Å². The van der Waals surface area contributed by atoms with Gasteiger partial charge in [-0.05, 0) is 39.8 Å². The predicted molar refractivity (Wildman–Crippen MR) is 129 cm³/mol. The van der Waals surface area contributed by atoms with Gasteiger partial charge in [-0.1, -0.05) is 0 Å². The SMILES string of the molecule is CCNC(=NCc1ccc(OC)c(OC)c1OC)NCCNC(=O)OC(C)(C)C.I. The highest BCUT2D eigenvalue weighted by atomic mass is 127.